The normalized spacial score (nSPS) is 12.2. The van der Waals surface area contributed by atoms with Crippen molar-refractivity contribution in [3.8, 4) is 11.8 Å². The second-order valence-corrected chi connectivity index (χ2v) is 13.3. The summed E-state index contributed by atoms with van der Waals surface area (Å²) in [5.74, 6) is -0.934. The summed E-state index contributed by atoms with van der Waals surface area (Å²) in [6, 6.07) is 30.8. The molecule has 0 aromatic heterocycles. The van der Waals surface area contributed by atoms with Crippen LogP contribution in [0.1, 0.15) is 74.9 Å². The van der Waals surface area contributed by atoms with E-state index in [1.807, 2.05) is 24.3 Å². The summed E-state index contributed by atoms with van der Waals surface area (Å²) in [5.41, 5.74) is 8.04. The summed E-state index contributed by atoms with van der Waals surface area (Å²) >= 11 is 0. The molecule has 0 fully saturated rings. The number of hydrogen-bond acceptors (Lipinski definition) is 5. The highest BCUT2D eigenvalue weighted by molar-refractivity contribution is 5.97. The quantitative estimate of drug-likeness (QED) is 0.111. The lowest BCUT2D eigenvalue weighted by molar-refractivity contribution is -0.132. The molecule has 0 saturated heterocycles. The molecule has 46 heavy (non-hydrogen) atoms. The molecular formula is C40H42N2O4. The van der Waals surface area contributed by atoms with Crippen molar-refractivity contribution in [1.29, 1.82) is 5.26 Å². The molecular weight excluding hydrogens is 572 g/mol. The first-order valence-corrected chi connectivity index (χ1v) is 15.2. The van der Waals surface area contributed by atoms with Gasteiger partial charge in [-0.05, 0) is 93.3 Å². The van der Waals surface area contributed by atoms with Crippen molar-refractivity contribution in [3.63, 3.8) is 0 Å². The number of benzene rings is 4. The molecule has 0 atom stereocenters. The largest absolute Gasteiger partial charge is 0.496 e. The van der Waals surface area contributed by atoms with E-state index < -0.39 is 11.5 Å². The molecule has 0 spiro atoms. The lowest BCUT2D eigenvalue weighted by Crippen LogP contribution is -2.14. The number of anilines is 3. The Hall–Kier alpha value is -5.12. The van der Waals surface area contributed by atoms with Crippen molar-refractivity contribution < 1.29 is 19.7 Å². The van der Waals surface area contributed by atoms with Crippen molar-refractivity contribution in [2.24, 2.45) is 0 Å². The molecule has 0 unspecified atom stereocenters. The zero-order valence-electron chi connectivity index (χ0n) is 27.6. The van der Waals surface area contributed by atoms with Crippen molar-refractivity contribution in [1.82, 2.24) is 0 Å². The van der Waals surface area contributed by atoms with Crippen molar-refractivity contribution in [2.45, 2.75) is 59.0 Å². The van der Waals surface area contributed by atoms with Crippen LogP contribution in [0.4, 0.5) is 17.1 Å². The molecule has 2 N–H and O–H groups in total. The standard InChI is InChI=1S/C40H42N2O4/c1-39(2,3)32-12-18-35(19-13-32)42(36-20-14-33(15-21-36)40(4,5)6)34-16-9-27(10-17-34)8-11-28-24-37(46-7)29(23-31(28)26-43)22-30(25-41)38(44)45/h8-24,43H,26H2,1-7H3,(H,44,45). The number of nitrogens with zero attached hydrogens (tertiary/aromatic N) is 2. The Kier molecular flexibility index (Phi) is 10.2. The van der Waals surface area contributed by atoms with Crippen LogP contribution >= 0.6 is 0 Å². The Labute approximate surface area is 272 Å². The first-order valence-electron chi connectivity index (χ1n) is 15.2. The van der Waals surface area contributed by atoms with Crippen LogP contribution in [0.3, 0.4) is 0 Å². The molecule has 0 amide bonds. The molecule has 4 rings (SSSR count). The third-order valence-corrected chi connectivity index (χ3v) is 7.90. The molecule has 6 heteroatoms. The van der Waals surface area contributed by atoms with Gasteiger partial charge in [-0.1, -0.05) is 90.1 Å². The molecule has 0 aliphatic rings. The summed E-state index contributed by atoms with van der Waals surface area (Å²) in [4.78, 5) is 13.6. The molecule has 0 aliphatic carbocycles. The Bertz CT molecular complexity index is 1720. The van der Waals surface area contributed by atoms with E-state index in [9.17, 15) is 20.3 Å². The molecule has 0 bridgehead atoms. The van der Waals surface area contributed by atoms with Gasteiger partial charge in [-0.25, -0.2) is 4.79 Å². The minimum absolute atomic E-state index is 0.0562. The lowest BCUT2D eigenvalue weighted by atomic mass is 9.86. The number of carboxylic acid groups (broad SMARTS) is 1. The summed E-state index contributed by atoms with van der Waals surface area (Å²) < 4.78 is 5.47. The van der Waals surface area contributed by atoms with Gasteiger partial charge in [0.05, 0.1) is 13.7 Å². The van der Waals surface area contributed by atoms with Crippen LogP contribution in [0.25, 0.3) is 18.2 Å². The van der Waals surface area contributed by atoms with E-state index in [0.29, 0.717) is 22.4 Å². The van der Waals surface area contributed by atoms with E-state index in [1.54, 1.807) is 18.2 Å². The number of aliphatic carboxylic acids is 1. The predicted octanol–water partition coefficient (Wildman–Crippen LogP) is 9.41. The van der Waals surface area contributed by atoms with E-state index in [2.05, 4.69) is 107 Å². The lowest BCUT2D eigenvalue weighted by Gasteiger charge is -2.28. The molecule has 0 aliphatic heterocycles. The first kappa shape index (κ1) is 33.8. The highest BCUT2D eigenvalue weighted by atomic mass is 16.5. The summed E-state index contributed by atoms with van der Waals surface area (Å²) in [6.45, 7) is 13.0. The minimum Gasteiger partial charge on any atom is -0.496 e. The Balaban J connectivity index is 1.69. The van der Waals surface area contributed by atoms with Crippen LogP contribution < -0.4 is 9.64 Å². The summed E-state index contributed by atoms with van der Waals surface area (Å²) in [6.07, 6.45) is 5.07. The van der Waals surface area contributed by atoms with Gasteiger partial charge in [-0.3, -0.25) is 0 Å². The maximum atomic E-state index is 11.3. The van der Waals surface area contributed by atoms with Gasteiger partial charge >= 0.3 is 5.97 Å². The Morgan fingerprint density at radius 1 is 0.783 bits per heavy atom. The van der Waals surface area contributed by atoms with Crippen LogP contribution in [0.2, 0.25) is 0 Å². The average Bonchev–Trinajstić information content (AvgIpc) is 3.02. The number of aliphatic hydroxyl groups excluding tert-OH is 1. The van der Waals surface area contributed by atoms with Gasteiger partial charge in [0, 0.05) is 22.6 Å². The predicted molar refractivity (Wildman–Crippen MR) is 188 cm³/mol. The van der Waals surface area contributed by atoms with Crippen LogP contribution in [0.15, 0.2) is 90.5 Å². The highest BCUT2D eigenvalue weighted by Crippen LogP contribution is 2.37. The summed E-state index contributed by atoms with van der Waals surface area (Å²) in [5, 5.41) is 28.5. The van der Waals surface area contributed by atoms with Gasteiger partial charge in [0.1, 0.15) is 17.4 Å². The number of methoxy groups -OCH3 is 1. The monoisotopic (exact) mass is 614 g/mol. The van der Waals surface area contributed by atoms with Crippen molar-refractivity contribution in [3.05, 3.63) is 124 Å². The number of aliphatic hydroxyl groups is 1. The number of carbonyl (C=O) groups is 1. The second kappa shape index (κ2) is 13.9. The summed E-state index contributed by atoms with van der Waals surface area (Å²) in [7, 11) is 1.48. The number of rotatable bonds is 9. The smallest absolute Gasteiger partial charge is 0.346 e. The van der Waals surface area contributed by atoms with Gasteiger partial charge in [0.2, 0.25) is 0 Å². The number of carboxylic acids is 1. The van der Waals surface area contributed by atoms with Crippen LogP contribution in [-0.4, -0.2) is 23.3 Å². The van der Waals surface area contributed by atoms with Gasteiger partial charge in [-0.2, -0.15) is 5.26 Å². The molecule has 0 saturated carbocycles. The number of nitriles is 1. The van der Waals surface area contributed by atoms with E-state index >= 15 is 0 Å². The SMILES string of the molecule is COc1cc(C=Cc2ccc(N(c3ccc(C(C)(C)C)cc3)c3ccc(C(C)(C)C)cc3)cc2)c(CO)cc1C=C(C#N)C(=O)O. The van der Waals surface area contributed by atoms with Gasteiger partial charge in [0.25, 0.3) is 0 Å². The highest BCUT2D eigenvalue weighted by Gasteiger charge is 2.18. The molecule has 6 nitrogen and oxygen atoms in total. The molecule has 4 aromatic rings. The minimum atomic E-state index is -1.33. The number of hydrogen-bond donors (Lipinski definition) is 2. The fraction of sp³-hybridized carbons (Fsp3) is 0.250. The van der Waals surface area contributed by atoms with E-state index in [-0.39, 0.29) is 17.4 Å². The Morgan fingerprint density at radius 2 is 1.26 bits per heavy atom. The zero-order valence-corrected chi connectivity index (χ0v) is 27.6. The van der Waals surface area contributed by atoms with Crippen molar-refractivity contribution >= 4 is 41.3 Å². The molecule has 0 heterocycles. The van der Waals surface area contributed by atoms with Crippen LogP contribution in [-0.2, 0) is 22.2 Å². The topological polar surface area (TPSA) is 93.8 Å². The third kappa shape index (κ3) is 7.93. The molecule has 4 aromatic carbocycles. The average molecular weight is 615 g/mol. The third-order valence-electron chi connectivity index (χ3n) is 7.90. The van der Waals surface area contributed by atoms with E-state index in [1.165, 1.54) is 24.3 Å². The fourth-order valence-electron chi connectivity index (χ4n) is 5.13. The maximum Gasteiger partial charge on any atom is 0.346 e. The molecule has 236 valence electrons. The first-order chi connectivity index (χ1) is 21.7. The Morgan fingerprint density at radius 3 is 1.65 bits per heavy atom. The fourth-order valence-corrected chi connectivity index (χ4v) is 5.13. The van der Waals surface area contributed by atoms with Crippen LogP contribution in [0, 0.1) is 11.3 Å². The molecule has 0 radical (unpaired) electrons. The van der Waals surface area contributed by atoms with Gasteiger partial charge in [-0.15, -0.1) is 0 Å². The number of ether oxygens (including phenoxy) is 1. The van der Waals surface area contributed by atoms with Gasteiger partial charge < -0.3 is 19.8 Å². The van der Waals surface area contributed by atoms with E-state index in [4.69, 9.17) is 4.74 Å². The van der Waals surface area contributed by atoms with Gasteiger partial charge in [0.15, 0.2) is 0 Å². The maximum absolute atomic E-state index is 11.3. The van der Waals surface area contributed by atoms with E-state index in [0.717, 1.165) is 22.6 Å². The van der Waals surface area contributed by atoms with Crippen molar-refractivity contribution in [2.75, 3.05) is 12.0 Å². The van der Waals surface area contributed by atoms with Crippen LogP contribution in [0.5, 0.6) is 5.75 Å². The zero-order chi connectivity index (χ0) is 33.6. The second-order valence-electron chi connectivity index (χ2n) is 13.3.